The van der Waals surface area contributed by atoms with Crippen molar-refractivity contribution in [3.05, 3.63) is 24.3 Å². The Balaban J connectivity index is 1.73. The van der Waals surface area contributed by atoms with Crippen molar-refractivity contribution >= 4 is 26.0 Å². The van der Waals surface area contributed by atoms with Gasteiger partial charge in [-0.15, -0.1) is 0 Å². The highest BCUT2D eigenvalue weighted by Gasteiger charge is 2.39. The maximum atomic E-state index is 13.4. The van der Waals surface area contributed by atoms with Crippen LogP contribution in [0.5, 0.6) is 0 Å². The van der Waals surface area contributed by atoms with Gasteiger partial charge in [0, 0.05) is 52.1 Å². The number of alkyl halides is 2. The van der Waals surface area contributed by atoms with Crippen LogP contribution in [-0.4, -0.2) is 81.4 Å². The third-order valence-electron chi connectivity index (χ3n) is 6.34. The summed E-state index contributed by atoms with van der Waals surface area (Å²) in [5, 5.41) is 0. The molecule has 3 rings (SSSR count). The summed E-state index contributed by atoms with van der Waals surface area (Å²) in [6.07, 6.45) is 0.222. The first-order chi connectivity index (χ1) is 15.4. The van der Waals surface area contributed by atoms with E-state index >= 15 is 0 Å². The van der Waals surface area contributed by atoms with Crippen molar-refractivity contribution in [3.8, 4) is 0 Å². The maximum absolute atomic E-state index is 13.4. The summed E-state index contributed by atoms with van der Waals surface area (Å²) in [7, 11) is -7.64. The van der Waals surface area contributed by atoms with Crippen LogP contribution in [0.4, 0.5) is 8.78 Å². The molecule has 12 heteroatoms. The molecule has 2 fully saturated rings. The quantitative estimate of drug-likeness (QED) is 0.565. The molecular weight excluding hydrogens is 476 g/mol. The van der Waals surface area contributed by atoms with Crippen molar-refractivity contribution < 1.29 is 30.4 Å². The summed E-state index contributed by atoms with van der Waals surface area (Å²) in [5.41, 5.74) is 0. The predicted octanol–water partition coefficient (Wildman–Crippen LogP) is 2.38. The molecule has 8 nitrogen and oxygen atoms in total. The Morgan fingerprint density at radius 1 is 1.00 bits per heavy atom. The molecule has 2 aliphatic rings. The number of hydrogen-bond donors (Lipinski definition) is 0. The highest BCUT2D eigenvalue weighted by molar-refractivity contribution is 7.89. The van der Waals surface area contributed by atoms with E-state index < -0.39 is 31.9 Å². The van der Waals surface area contributed by atoms with E-state index in [1.165, 1.54) is 37.8 Å². The van der Waals surface area contributed by atoms with Crippen LogP contribution in [0.3, 0.4) is 0 Å². The molecule has 2 heterocycles. The predicted molar refractivity (Wildman–Crippen MR) is 119 cm³/mol. The van der Waals surface area contributed by atoms with Gasteiger partial charge in [-0.2, -0.15) is 8.61 Å². The van der Waals surface area contributed by atoms with Gasteiger partial charge in [0.2, 0.25) is 26.0 Å². The van der Waals surface area contributed by atoms with Gasteiger partial charge in [0.15, 0.2) is 0 Å². The molecule has 1 atom stereocenters. The molecule has 1 amide bonds. The van der Waals surface area contributed by atoms with Gasteiger partial charge in [0.05, 0.1) is 15.7 Å². The first kappa shape index (κ1) is 26.0. The number of nitrogens with zero attached hydrogens (tertiary/aromatic N) is 3. The minimum atomic E-state index is -3.94. The van der Waals surface area contributed by atoms with Crippen molar-refractivity contribution in [2.24, 2.45) is 5.92 Å². The fourth-order valence-corrected chi connectivity index (χ4v) is 7.30. The lowest BCUT2D eigenvalue weighted by atomic mass is 9.96. The Morgan fingerprint density at radius 2 is 1.55 bits per heavy atom. The summed E-state index contributed by atoms with van der Waals surface area (Å²) < 4.78 is 81.0. The smallest absolute Gasteiger partial charge is 0.251 e. The zero-order chi connectivity index (χ0) is 24.4. The molecule has 0 saturated carbocycles. The van der Waals surface area contributed by atoms with E-state index in [4.69, 9.17) is 0 Å². The molecule has 1 unspecified atom stereocenters. The Hall–Kier alpha value is -1.63. The van der Waals surface area contributed by atoms with Gasteiger partial charge in [-0.1, -0.05) is 13.8 Å². The maximum Gasteiger partial charge on any atom is 0.251 e. The first-order valence-electron chi connectivity index (χ1n) is 11.2. The number of amides is 1. The van der Waals surface area contributed by atoms with E-state index in [0.29, 0.717) is 25.9 Å². The minimum Gasteiger partial charge on any atom is -0.342 e. The molecule has 0 aliphatic carbocycles. The van der Waals surface area contributed by atoms with E-state index in [0.717, 1.165) is 0 Å². The van der Waals surface area contributed by atoms with Gasteiger partial charge in [0.25, 0.3) is 5.92 Å². The minimum absolute atomic E-state index is 0.0127. The SMILES string of the molecule is CCN(CC)S(=O)(=O)c1ccc(S(=O)(=O)N2CCCC(C(=O)N3CCC(F)(F)CC3)C2)cc1. The molecule has 0 N–H and O–H groups in total. The largest absolute Gasteiger partial charge is 0.342 e. The number of rotatable bonds is 7. The number of likely N-dealkylation sites (tertiary alicyclic amines) is 1. The highest BCUT2D eigenvalue weighted by Crippen LogP contribution is 2.31. The molecule has 186 valence electrons. The summed E-state index contributed by atoms with van der Waals surface area (Å²) in [5.74, 6) is -3.63. The summed E-state index contributed by atoms with van der Waals surface area (Å²) in [6.45, 7) is 4.21. The normalized spacial score (nSPS) is 22.5. The fraction of sp³-hybridized carbons (Fsp3) is 0.667. The van der Waals surface area contributed by atoms with Crippen molar-refractivity contribution in [1.82, 2.24) is 13.5 Å². The van der Waals surface area contributed by atoms with E-state index in [9.17, 15) is 30.4 Å². The fourth-order valence-electron chi connectivity index (χ4n) is 4.32. The molecule has 0 radical (unpaired) electrons. The summed E-state index contributed by atoms with van der Waals surface area (Å²) in [6, 6.07) is 5.09. The van der Waals surface area contributed by atoms with Gasteiger partial charge in [-0.25, -0.2) is 25.6 Å². The lowest BCUT2D eigenvalue weighted by Crippen LogP contribution is -2.49. The zero-order valence-electron chi connectivity index (χ0n) is 18.9. The Labute approximate surface area is 194 Å². The van der Waals surface area contributed by atoms with E-state index in [-0.39, 0.29) is 54.7 Å². The van der Waals surface area contributed by atoms with Crippen LogP contribution in [0.1, 0.15) is 39.5 Å². The second-order valence-electron chi connectivity index (χ2n) is 8.44. The van der Waals surface area contributed by atoms with Gasteiger partial charge >= 0.3 is 0 Å². The highest BCUT2D eigenvalue weighted by atomic mass is 32.2. The number of hydrogen-bond acceptors (Lipinski definition) is 5. The standard InChI is InChI=1S/C21H31F2N3O5S2/c1-3-25(4-2)32(28,29)18-7-9-19(10-8-18)33(30,31)26-13-5-6-17(16-26)20(27)24-14-11-21(22,23)12-15-24/h7-10,17H,3-6,11-16H2,1-2H3. The monoisotopic (exact) mass is 507 g/mol. The first-order valence-corrected chi connectivity index (χ1v) is 14.1. The molecule has 1 aromatic rings. The van der Waals surface area contributed by atoms with Crippen LogP contribution in [0.2, 0.25) is 0 Å². The molecular formula is C21H31F2N3O5S2. The molecule has 1 aromatic carbocycles. The van der Waals surface area contributed by atoms with Gasteiger partial charge in [0.1, 0.15) is 0 Å². The Morgan fingerprint density at radius 3 is 2.09 bits per heavy atom. The average molecular weight is 508 g/mol. The van der Waals surface area contributed by atoms with Crippen molar-refractivity contribution in [2.45, 2.75) is 55.2 Å². The van der Waals surface area contributed by atoms with Crippen molar-refractivity contribution in [1.29, 1.82) is 0 Å². The lowest BCUT2D eigenvalue weighted by Gasteiger charge is -2.37. The number of benzene rings is 1. The van der Waals surface area contributed by atoms with E-state index in [1.54, 1.807) is 13.8 Å². The van der Waals surface area contributed by atoms with Gasteiger partial charge in [-0.05, 0) is 37.1 Å². The number of sulfonamides is 2. The molecule has 0 aromatic heterocycles. The van der Waals surface area contributed by atoms with Crippen LogP contribution in [0.15, 0.2) is 34.1 Å². The summed E-state index contributed by atoms with van der Waals surface area (Å²) in [4.78, 5) is 14.2. The van der Waals surface area contributed by atoms with Crippen LogP contribution in [0, 0.1) is 5.92 Å². The van der Waals surface area contributed by atoms with Crippen LogP contribution >= 0.6 is 0 Å². The van der Waals surface area contributed by atoms with Crippen LogP contribution < -0.4 is 0 Å². The van der Waals surface area contributed by atoms with Crippen LogP contribution in [-0.2, 0) is 24.8 Å². The Bertz CT molecular complexity index is 1050. The van der Waals surface area contributed by atoms with Gasteiger partial charge in [-0.3, -0.25) is 4.79 Å². The number of halogens is 2. The topological polar surface area (TPSA) is 95.1 Å². The van der Waals surface area contributed by atoms with Crippen LogP contribution in [0.25, 0.3) is 0 Å². The third-order valence-corrected chi connectivity index (χ3v) is 10.3. The number of carbonyl (C=O) groups is 1. The molecule has 33 heavy (non-hydrogen) atoms. The van der Waals surface area contributed by atoms with Crippen molar-refractivity contribution in [2.75, 3.05) is 39.3 Å². The third kappa shape index (κ3) is 5.55. The average Bonchev–Trinajstić information content (AvgIpc) is 2.79. The Kier molecular flexibility index (Phi) is 7.82. The van der Waals surface area contributed by atoms with E-state index in [2.05, 4.69) is 0 Å². The second-order valence-corrected chi connectivity index (χ2v) is 12.3. The molecule has 2 saturated heterocycles. The number of piperidine rings is 2. The summed E-state index contributed by atoms with van der Waals surface area (Å²) >= 11 is 0. The van der Waals surface area contributed by atoms with Gasteiger partial charge < -0.3 is 4.90 Å². The second kappa shape index (κ2) is 9.93. The van der Waals surface area contributed by atoms with Crippen molar-refractivity contribution in [3.63, 3.8) is 0 Å². The van der Waals surface area contributed by atoms with E-state index in [1.807, 2.05) is 0 Å². The lowest BCUT2D eigenvalue weighted by molar-refractivity contribution is -0.142. The zero-order valence-corrected chi connectivity index (χ0v) is 20.5. The molecule has 2 aliphatic heterocycles. The number of carbonyl (C=O) groups excluding carboxylic acids is 1. The molecule has 0 spiro atoms. The molecule has 0 bridgehead atoms.